The summed E-state index contributed by atoms with van der Waals surface area (Å²) < 4.78 is 2.91. The molecule has 0 aromatic carbocycles. The monoisotopic (exact) mass is 113 g/mol. The highest BCUT2D eigenvalue weighted by Gasteiger charge is 2.12. The van der Waals surface area contributed by atoms with Crippen molar-refractivity contribution < 1.29 is 0 Å². The van der Waals surface area contributed by atoms with Crippen LogP contribution in [0.15, 0.2) is 0 Å². The Bertz CT molecular complexity index is 90.4. The molecule has 1 saturated heterocycles. The molecule has 37 valence electrons. The molecule has 0 aromatic rings. The summed E-state index contributed by atoms with van der Waals surface area (Å²) in [5, 5.41) is 8.22. The molecule has 1 aliphatic heterocycles. The minimum atomic E-state index is 0.0602. The summed E-state index contributed by atoms with van der Waals surface area (Å²) >= 11 is 1.51. The van der Waals surface area contributed by atoms with Gasteiger partial charge in [-0.15, -0.1) is 0 Å². The predicted octanol–water partition coefficient (Wildman–Crippen LogP) is 0.682. The van der Waals surface area contributed by atoms with Crippen LogP contribution in [-0.4, -0.2) is 6.04 Å². The molecule has 0 amide bonds. The first-order valence-electron chi connectivity index (χ1n) is 2.06. The Labute approximate surface area is 47.0 Å². The summed E-state index contributed by atoms with van der Waals surface area (Å²) in [6.07, 6.45) is 0.876. The zero-order chi connectivity index (χ0) is 5.11. The maximum absolute atomic E-state index is 8.22. The zero-order valence-electron chi connectivity index (χ0n) is 3.72. The second-order valence-corrected chi connectivity index (χ2v) is 2.12. The third kappa shape index (κ3) is 1.08. The van der Waals surface area contributed by atoms with Crippen molar-refractivity contribution in [2.24, 2.45) is 0 Å². The summed E-state index contributed by atoms with van der Waals surface area (Å²) in [5.74, 6) is 1.99. The number of rotatable bonds is 0. The largest absolute Gasteiger partial charge is 0.247 e. The van der Waals surface area contributed by atoms with Gasteiger partial charge in [-0.1, -0.05) is 11.9 Å². The van der Waals surface area contributed by atoms with Crippen molar-refractivity contribution in [2.75, 3.05) is 0 Å². The van der Waals surface area contributed by atoms with Gasteiger partial charge in [-0.2, -0.15) is 5.26 Å². The van der Waals surface area contributed by atoms with E-state index in [1.165, 1.54) is 11.9 Å². The molecule has 0 saturated carbocycles. The fraction of sp³-hybridized carbons (Fsp3) is 0.500. The molecule has 0 aliphatic carbocycles. The average molecular weight is 113 g/mol. The van der Waals surface area contributed by atoms with Gasteiger partial charge < -0.3 is 0 Å². The topological polar surface area (TPSA) is 35.8 Å². The first-order valence-corrected chi connectivity index (χ1v) is 2.94. The van der Waals surface area contributed by atoms with E-state index in [0.717, 1.165) is 6.42 Å². The Balaban J connectivity index is 2.31. The summed E-state index contributed by atoms with van der Waals surface area (Å²) in [5.41, 5.74) is 0. The van der Waals surface area contributed by atoms with Gasteiger partial charge in [-0.25, -0.2) is 4.72 Å². The van der Waals surface area contributed by atoms with Gasteiger partial charge in [0.1, 0.15) is 6.04 Å². The third-order valence-corrected chi connectivity index (χ3v) is 1.56. The third-order valence-electron chi connectivity index (χ3n) is 0.781. The maximum atomic E-state index is 8.22. The summed E-state index contributed by atoms with van der Waals surface area (Å²) in [6, 6.07) is 2.16. The normalized spacial score (nSPS) is 29.9. The molecule has 0 spiro atoms. The molecular formula is C4H5N2S. The van der Waals surface area contributed by atoms with Crippen molar-refractivity contribution in [1.82, 2.24) is 4.72 Å². The van der Waals surface area contributed by atoms with Crippen LogP contribution in [0.1, 0.15) is 6.42 Å². The quantitative estimate of drug-likeness (QED) is 0.469. The molecule has 1 radical (unpaired) electrons. The van der Waals surface area contributed by atoms with Gasteiger partial charge >= 0.3 is 0 Å². The van der Waals surface area contributed by atoms with E-state index in [1.807, 2.05) is 5.75 Å². The van der Waals surface area contributed by atoms with E-state index in [2.05, 4.69) is 10.8 Å². The van der Waals surface area contributed by atoms with Gasteiger partial charge in [0.15, 0.2) is 0 Å². The van der Waals surface area contributed by atoms with E-state index >= 15 is 0 Å². The highest BCUT2D eigenvalue weighted by molar-refractivity contribution is 7.99. The molecule has 1 N–H and O–H groups in total. The Hall–Kier alpha value is -0.200. The van der Waals surface area contributed by atoms with Crippen molar-refractivity contribution >= 4 is 11.9 Å². The molecule has 1 aliphatic rings. The fourth-order valence-corrected chi connectivity index (χ4v) is 1.10. The Morgan fingerprint density at radius 1 is 2.00 bits per heavy atom. The molecule has 7 heavy (non-hydrogen) atoms. The van der Waals surface area contributed by atoms with E-state index in [4.69, 9.17) is 5.26 Å². The number of hydrogen-bond acceptors (Lipinski definition) is 3. The van der Waals surface area contributed by atoms with Gasteiger partial charge in [-0.05, 0) is 6.42 Å². The minimum Gasteiger partial charge on any atom is -0.247 e. The van der Waals surface area contributed by atoms with E-state index in [0.29, 0.717) is 0 Å². The lowest BCUT2D eigenvalue weighted by molar-refractivity contribution is 0.814. The first-order chi connectivity index (χ1) is 3.43. The highest BCUT2D eigenvalue weighted by Crippen LogP contribution is 2.16. The standard InChI is InChI=1S/C4H5N2S/c5-3-4-1-2-7-6-4/h2,4,6H,1H2. The lowest BCUT2D eigenvalue weighted by Gasteiger charge is -1.90. The second kappa shape index (κ2) is 2.20. The number of hydrogen-bond donors (Lipinski definition) is 1. The molecule has 1 heterocycles. The van der Waals surface area contributed by atoms with E-state index < -0.39 is 0 Å². The minimum absolute atomic E-state index is 0.0602. The van der Waals surface area contributed by atoms with Crippen LogP contribution in [0.4, 0.5) is 0 Å². The van der Waals surface area contributed by atoms with Crippen LogP contribution in [0.5, 0.6) is 0 Å². The van der Waals surface area contributed by atoms with Crippen LogP contribution in [0.2, 0.25) is 0 Å². The molecular weight excluding hydrogens is 108 g/mol. The van der Waals surface area contributed by atoms with Crippen LogP contribution < -0.4 is 4.72 Å². The van der Waals surface area contributed by atoms with Gasteiger partial charge in [0.25, 0.3) is 0 Å². The Morgan fingerprint density at radius 2 is 2.86 bits per heavy atom. The molecule has 1 atom stereocenters. The summed E-state index contributed by atoms with van der Waals surface area (Å²) in [7, 11) is 0. The first kappa shape index (κ1) is 4.95. The van der Waals surface area contributed by atoms with Crippen molar-refractivity contribution in [3.05, 3.63) is 5.75 Å². The van der Waals surface area contributed by atoms with E-state index in [9.17, 15) is 0 Å². The van der Waals surface area contributed by atoms with Crippen molar-refractivity contribution in [2.45, 2.75) is 12.5 Å². The van der Waals surface area contributed by atoms with Gasteiger partial charge in [-0.3, -0.25) is 0 Å². The number of nitrogens with one attached hydrogen (secondary N) is 1. The Kier molecular flexibility index (Phi) is 1.55. The van der Waals surface area contributed by atoms with Crippen LogP contribution in [-0.2, 0) is 0 Å². The van der Waals surface area contributed by atoms with Crippen LogP contribution in [0, 0.1) is 17.1 Å². The molecule has 1 unspecified atom stereocenters. The van der Waals surface area contributed by atoms with Crippen molar-refractivity contribution in [1.29, 1.82) is 5.26 Å². The molecule has 0 aromatic heterocycles. The molecule has 2 nitrogen and oxygen atoms in total. The summed E-state index contributed by atoms with van der Waals surface area (Å²) in [4.78, 5) is 0. The van der Waals surface area contributed by atoms with Crippen molar-refractivity contribution in [3.63, 3.8) is 0 Å². The van der Waals surface area contributed by atoms with Crippen LogP contribution >= 0.6 is 11.9 Å². The van der Waals surface area contributed by atoms with Crippen LogP contribution in [0.25, 0.3) is 0 Å². The smallest absolute Gasteiger partial charge is 0.105 e. The maximum Gasteiger partial charge on any atom is 0.105 e. The molecule has 3 heteroatoms. The van der Waals surface area contributed by atoms with Gasteiger partial charge in [0.05, 0.1) is 6.07 Å². The second-order valence-electron chi connectivity index (χ2n) is 1.32. The van der Waals surface area contributed by atoms with Crippen LogP contribution in [0.3, 0.4) is 0 Å². The van der Waals surface area contributed by atoms with Crippen molar-refractivity contribution in [3.8, 4) is 6.07 Å². The Morgan fingerprint density at radius 3 is 3.14 bits per heavy atom. The SMILES string of the molecule is N#CC1C[CH]SN1. The molecule has 0 bridgehead atoms. The van der Waals surface area contributed by atoms with Gasteiger partial charge in [0.2, 0.25) is 0 Å². The van der Waals surface area contributed by atoms with E-state index in [-0.39, 0.29) is 6.04 Å². The number of nitrogens with zero attached hydrogens (tertiary/aromatic N) is 1. The highest BCUT2D eigenvalue weighted by atomic mass is 32.2. The molecule has 1 fully saturated rings. The molecule has 1 rings (SSSR count). The lowest BCUT2D eigenvalue weighted by Crippen LogP contribution is -2.12. The zero-order valence-corrected chi connectivity index (χ0v) is 4.53. The predicted molar refractivity (Wildman–Crippen MR) is 29.0 cm³/mol. The summed E-state index contributed by atoms with van der Waals surface area (Å²) in [6.45, 7) is 0. The van der Waals surface area contributed by atoms with E-state index in [1.54, 1.807) is 0 Å². The average Bonchev–Trinajstić information content (AvgIpc) is 2.14. The lowest BCUT2D eigenvalue weighted by atomic mass is 10.3. The van der Waals surface area contributed by atoms with Gasteiger partial charge in [0, 0.05) is 5.75 Å². The number of nitriles is 1. The fourth-order valence-electron chi connectivity index (χ4n) is 0.402.